The first kappa shape index (κ1) is 25.0. The highest BCUT2D eigenvalue weighted by Crippen LogP contribution is 2.39. The molecule has 1 aliphatic heterocycles. The fourth-order valence-corrected chi connectivity index (χ4v) is 4.59. The summed E-state index contributed by atoms with van der Waals surface area (Å²) in [6.07, 6.45) is 11.1. The van der Waals surface area contributed by atoms with Gasteiger partial charge in [0.1, 0.15) is 0 Å². The highest BCUT2D eigenvalue weighted by molar-refractivity contribution is 14.0. The molecule has 5 nitrogen and oxygen atoms in total. The minimum atomic E-state index is 0. The summed E-state index contributed by atoms with van der Waals surface area (Å²) in [5.41, 5.74) is 0.223. The SMILES string of the molecule is CCCN1CCC(CNC(=NCC2(CCO)CCCCC2)NCC)CC1.I. The zero-order chi connectivity index (χ0) is 18.7. The van der Waals surface area contributed by atoms with Crippen LogP contribution >= 0.6 is 24.0 Å². The molecule has 0 aromatic carbocycles. The van der Waals surface area contributed by atoms with E-state index in [0.29, 0.717) is 0 Å². The molecule has 0 atom stereocenters. The third-order valence-corrected chi connectivity index (χ3v) is 6.28. The lowest BCUT2D eigenvalue weighted by atomic mass is 9.72. The summed E-state index contributed by atoms with van der Waals surface area (Å²) in [5, 5.41) is 16.5. The second-order valence-corrected chi connectivity index (χ2v) is 8.40. The molecule has 6 heteroatoms. The van der Waals surface area contributed by atoms with Crippen LogP contribution in [0.15, 0.2) is 4.99 Å². The first-order valence-corrected chi connectivity index (χ1v) is 11.1. The molecule has 2 fully saturated rings. The van der Waals surface area contributed by atoms with Gasteiger partial charge in [-0.25, -0.2) is 0 Å². The molecule has 1 aliphatic carbocycles. The Balaban J connectivity index is 0.00000364. The number of nitrogens with zero attached hydrogens (tertiary/aromatic N) is 2. The number of guanidine groups is 1. The molecule has 1 saturated carbocycles. The van der Waals surface area contributed by atoms with Crippen molar-refractivity contribution in [2.75, 3.05) is 45.9 Å². The van der Waals surface area contributed by atoms with Crippen LogP contribution in [0.2, 0.25) is 0 Å². The summed E-state index contributed by atoms with van der Waals surface area (Å²) in [7, 11) is 0. The van der Waals surface area contributed by atoms with Crippen LogP contribution in [0.3, 0.4) is 0 Å². The molecule has 160 valence electrons. The Hall–Kier alpha value is -0.0800. The molecule has 1 heterocycles. The van der Waals surface area contributed by atoms with E-state index in [0.717, 1.165) is 37.9 Å². The molecule has 0 aromatic heterocycles. The van der Waals surface area contributed by atoms with E-state index in [1.54, 1.807) is 0 Å². The molecule has 0 spiro atoms. The number of rotatable bonds is 9. The van der Waals surface area contributed by atoms with Crippen molar-refractivity contribution >= 4 is 29.9 Å². The lowest BCUT2D eigenvalue weighted by Gasteiger charge is -2.36. The van der Waals surface area contributed by atoms with Gasteiger partial charge in [0.15, 0.2) is 5.96 Å². The van der Waals surface area contributed by atoms with Gasteiger partial charge < -0.3 is 20.6 Å². The van der Waals surface area contributed by atoms with Gasteiger partial charge in [-0.2, -0.15) is 0 Å². The molecule has 0 amide bonds. The van der Waals surface area contributed by atoms with Crippen molar-refractivity contribution in [1.29, 1.82) is 0 Å². The van der Waals surface area contributed by atoms with Crippen molar-refractivity contribution in [3.8, 4) is 0 Å². The maximum atomic E-state index is 9.50. The fraction of sp³-hybridized carbons (Fsp3) is 0.952. The van der Waals surface area contributed by atoms with Crippen molar-refractivity contribution < 1.29 is 5.11 Å². The minimum absolute atomic E-state index is 0. The van der Waals surface area contributed by atoms with Crippen LogP contribution in [0.5, 0.6) is 0 Å². The van der Waals surface area contributed by atoms with Crippen molar-refractivity contribution in [3.05, 3.63) is 0 Å². The van der Waals surface area contributed by atoms with E-state index in [4.69, 9.17) is 4.99 Å². The smallest absolute Gasteiger partial charge is 0.191 e. The summed E-state index contributed by atoms with van der Waals surface area (Å²) < 4.78 is 0. The molecule has 0 radical (unpaired) electrons. The largest absolute Gasteiger partial charge is 0.396 e. The van der Waals surface area contributed by atoms with Gasteiger partial charge in [-0.05, 0) is 76.4 Å². The van der Waals surface area contributed by atoms with Gasteiger partial charge in [-0.15, -0.1) is 24.0 Å². The average molecular weight is 495 g/mol. The number of halogens is 1. The quantitative estimate of drug-likeness (QED) is 0.261. The van der Waals surface area contributed by atoms with Crippen LogP contribution in [0.25, 0.3) is 0 Å². The predicted molar refractivity (Wildman–Crippen MR) is 126 cm³/mol. The number of aliphatic imine (C=N–C) groups is 1. The zero-order valence-corrected chi connectivity index (χ0v) is 20.0. The fourth-order valence-electron chi connectivity index (χ4n) is 4.59. The number of likely N-dealkylation sites (tertiary alicyclic amines) is 1. The summed E-state index contributed by atoms with van der Waals surface area (Å²) >= 11 is 0. The van der Waals surface area contributed by atoms with E-state index in [2.05, 4.69) is 29.4 Å². The van der Waals surface area contributed by atoms with Gasteiger partial charge >= 0.3 is 0 Å². The Bertz CT molecular complexity index is 399. The Morgan fingerprint density at radius 1 is 1.11 bits per heavy atom. The van der Waals surface area contributed by atoms with Crippen LogP contribution in [0, 0.1) is 11.3 Å². The molecule has 2 aliphatic rings. The van der Waals surface area contributed by atoms with Crippen LogP contribution in [-0.4, -0.2) is 61.8 Å². The van der Waals surface area contributed by atoms with Crippen LogP contribution in [-0.2, 0) is 0 Å². The summed E-state index contributed by atoms with van der Waals surface area (Å²) in [6.45, 7) is 11.2. The molecular weight excluding hydrogens is 451 g/mol. The Labute approximate surface area is 184 Å². The predicted octanol–water partition coefficient (Wildman–Crippen LogP) is 3.61. The van der Waals surface area contributed by atoms with Crippen molar-refractivity contribution in [1.82, 2.24) is 15.5 Å². The Morgan fingerprint density at radius 3 is 2.41 bits per heavy atom. The molecule has 2 rings (SSSR count). The van der Waals surface area contributed by atoms with Gasteiger partial charge in [-0.3, -0.25) is 4.99 Å². The Kier molecular flexibility index (Phi) is 12.9. The highest BCUT2D eigenvalue weighted by Gasteiger charge is 2.31. The summed E-state index contributed by atoms with van der Waals surface area (Å²) in [4.78, 5) is 7.52. The van der Waals surface area contributed by atoms with E-state index in [-0.39, 0.29) is 36.0 Å². The number of hydrogen-bond acceptors (Lipinski definition) is 3. The van der Waals surface area contributed by atoms with Crippen LogP contribution in [0.4, 0.5) is 0 Å². The molecule has 0 unspecified atom stereocenters. The van der Waals surface area contributed by atoms with Gasteiger partial charge in [-0.1, -0.05) is 26.2 Å². The molecule has 0 bridgehead atoms. The van der Waals surface area contributed by atoms with E-state index < -0.39 is 0 Å². The van der Waals surface area contributed by atoms with Gasteiger partial charge in [0.2, 0.25) is 0 Å². The first-order chi connectivity index (χ1) is 12.7. The van der Waals surface area contributed by atoms with Crippen molar-refractivity contribution in [2.45, 2.75) is 71.6 Å². The summed E-state index contributed by atoms with van der Waals surface area (Å²) in [6, 6.07) is 0. The lowest BCUT2D eigenvalue weighted by molar-refractivity contribution is 0.137. The third kappa shape index (κ3) is 8.86. The average Bonchev–Trinajstić information content (AvgIpc) is 2.66. The standard InChI is InChI=1S/C21H42N4O.HI/c1-3-13-25-14-8-19(9-15-25)17-23-20(22-4-2)24-18-21(12-16-26)10-6-5-7-11-21;/h19,26H,3-18H2,1-2H3,(H2,22,23,24);1H. The number of aliphatic hydroxyl groups is 1. The van der Waals surface area contributed by atoms with Gasteiger partial charge in [0, 0.05) is 26.2 Å². The number of piperidine rings is 1. The van der Waals surface area contributed by atoms with Crippen LogP contribution in [0.1, 0.15) is 71.6 Å². The molecular formula is C21H43IN4O. The number of nitrogens with one attached hydrogen (secondary N) is 2. The third-order valence-electron chi connectivity index (χ3n) is 6.28. The van der Waals surface area contributed by atoms with E-state index in [1.165, 1.54) is 71.0 Å². The highest BCUT2D eigenvalue weighted by atomic mass is 127. The zero-order valence-electron chi connectivity index (χ0n) is 17.6. The van der Waals surface area contributed by atoms with E-state index in [9.17, 15) is 5.11 Å². The monoisotopic (exact) mass is 494 g/mol. The molecule has 27 heavy (non-hydrogen) atoms. The maximum absolute atomic E-state index is 9.50. The number of aliphatic hydroxyl groups excluding tert-OH is 1. The van der Waals surface area contributed by atoms with E-state index >= 15 is 0 Å². The first-order valence-electron chi connectivity index (χ1n) is 11.1. The Morgan fingerprint density at radius 2 is 1.81 bits per heavy atom. The molecule has 1 saturated heterocycles. The van der Waals surface area contributed by atoms with Crippen molar-refractivity contribution in [3.63, 3.8) is 0 Å². The second kappa shape index (κ2) is 14.0. The van der Waals surface area contributed by atoms with Gasteiger partial charge in [0.05, 0.1) is 0 Å². The lowest BCUT2D eigenvalue weighted by Crippen LogP contribution is -2.43. The minimum Gasteiger partial charge on any atom is -0.396 e. The number of hydrogen-bond donors (Lipinski definition) is 3. The molecule has 0 aromatic rings. The topological polar surface area (TPSA) is 59.9 Å². The van der Waals surface area contributed by atoms with E-state index in [1.807, 2.05) is 0 Å². The maximum Gasteiger partial charge on any atom is 0.191 e. The van der Waals surface area contributed by atoms with Crippen molar-refractivity contribution in [2.24, 2.45) is 16.3 Å². The second-order valence-electron chi connectivity index (χ2n) is 8.40. The normalized spacial score (nSPS) is 21.5. The van der Waals surface area contributed by atoms with Crippen LogP contribution < -0.4 is 10.6 Å². The summed E-state index contributed by atoms with van der Waals surface area (Å²) in [5.74, 6) is 1.72. The van der Waals surface area contributed by atoms with Gasteiger partial charge in [0.25, 0.3) is 0 Å². The molecule has 3 N–H and O–H groups in total.